The fourth-order valence-corrected chi connectivity index (χ4v) is 10.7. The number of rotatable bonds is 9. The van der Waals surface area contributed by atoms with E-state index in [0.29, 0.717) is 19.8 Å². The van der Waals surface area contributed by atoms with Gasteiger partial charge in [0.1, 0.15) is 0 Å². The van der Waals surface area contributed by atoms with Crippen LogP contribution < -0.4 is 10.6 Å². The molecule has 3 saturated heterocycles. The maximum Gasteiger partial charge on any atom is 0.315 e. The van der Waals surface area contributed by atoms with Crippen LogP contribution >= 0.6 is 0 Å². The molecule has 3 aliphatic heterocycles. The number of nitrogens with zero attached hydrogens (tertiary/aromatic N) is 1. The van der Waals surface area contributed by atoms with E-state index in [4.69, 9.17) is 18.9 Å². The summed E-state index contributed by atoms with van der Waals surface area (Å²) in [5, 5.41) is 16.3. The standard InChI is InChI=1S/C43H53N3O6/c47-28-29-5-7-34(8-6-29)39-22-37(27-46-15-13-43(14-16-46)49-17-18-50-43)51-40(52-39)35-11-9-33(10-12-35)38-4-2-1-3-36(38)26-44-41(48)45-42-23-30-19-31(24-42)21-32(20-30)25-42/h1-12,30-32,37,39-40,47H,13-28H2,(H2,44,45,48). The van der Waals surface area contributed by atoms with E-state index in [0.717, 1.165) is 109 Å². The number of hydrogen-bond donors (Lipinski definition) is 3. The van der Waals surface area contributed by atoms with Gasteiger partial charge in [-0.3, -0.25) is 0 Å². The van der Waals surface area contributed by atoms with Crippen LogP contribution in [-0.4, -0.2) is 66.3 Å². The zero-order valence-corrected chi connectivity index (χ0v) is 30.1. The molecule has 276 valence electrons. The van der Waals surface area contributed by atoms with Gasteiger partial charge in [-0.05, 0) is 84.1 Å². The van der Waals surface area contributed by atoms with E-state index in [1.54, 1.807) is 0 Å². The summed E-state index contributed by atoms with van der Waals surface area (Å²) < 4.78 is 25.3. The smallest absolute Gasteiger partial charge is 0.315 e. The zero-order valence-electron chi connectivity index (χ0n) is 30.1. The van der Waals surface area contributed by atoms with Crippen LogP contribution in [0.4, 0.5) is 4.79 Å². The molecule has 1 spiro atoms. The predicted octanol–water partition coefficient (Wildman–Crippen LogP) is 7.00. The number of nitrogens with one attached hydrogen (secondary N) is 2. The van der Waals surface area contributed by atoms with E-state index in [-0.39, 0.29) is 30.4 Å². The Morgan fingerprint density at radius 3 is 2.12 bits per heavy atom. The average molecular weight is 708 g/mol. The van der Waals surface area contributed by atoms with Gasteiger partial charge in [-0.2, -0.15) is 0 Å². The third-order valence-corrected chi connectivity index (χ3v) is 12.9. The third-order valence-electron chi connectivity index (χ3n) is 12.9. The first-order valence-electron chi connectivity index (χ1n) is 19.7. The first-order valence-corrected chi connectivity index (χ1v) is 19.7. The van der Waals surface area contributed by atoms with Crippen LogP contribution in [0.1, 0.15) is 92.4 Å². The summed E-state index contributed by atoms with van der Waals surface area (Å²) in [7, 11) is 0. The molecule has 0 aromatic heterocycles. The largest absolute Gasteiger partial charge is 0.392 e. The van der Waals surface area contributed by atoms with Crippen molar-refractivity contribution < 1.29 is 28.8 Å². The normalized spacial score (nSPS) is 32.2. The number of aliphatic hydroxyl groups excluding tert-OH is 1. The van der Waals surface area contributed by atoms with Crippen molar-refractivity contribution in [2.75, 3.05) is 32.8 Å². The van der Waals surface area contributed by atoms with E-state index in [1.165, 1.54) is 19.3 Å². The molecule has 3 aromatic rings. The van der Waals surface area contributed by atoms with E-state index in [9.17, 15) is 9.90 Å². The van der Waals surface area contributed by atoms with Crippen LogP contribution in [0.2, 0.25) is 0 Å². The van der Waals surface area contributed by atoms with Crippen molar-refractivity contribution >= 4 is 6.03 Å². The fourth-order valence-electron chi connectivity index (χ4n) is 10.7. The first-order chi connectivity index (χ1) is 25.4. The van der Waals surface area contributed by atoms with E-state index in [2.05, 4.69) is 70.1 Å². The van der Waals surface area contributed by atoms with Crippen LogP contribution in [0.5, 0.6) is 0 Å². The second-order valence-electron chi connectivity index (χ2n) is 16.5. The number of carbonyl (C=O) groups excluding carboxylic acids is 1. The van der Waals surface area contributed by atoms with E-state index in [1.807, 2.05) is 18.2 Å². The lowest BCUT2D eigenvalue weighted by Crippen LogP contribution is -2.61. The van der Waals surface area contributed by atoms with Gasteiger partial charge >= 0.3 is 6.03 Å². The Morgan fingerprint density at radius 2 is 1.44 bits per heavy atom. The fraction of sp³-hybridized carbons (Fsp3) is 0.558. The molecule has 10 rings (SSSR count). The monoisotopic (exact) mass is 707 g/mol. The Hall–Kier alpha value is -3.31. The highest BCUT2D eigenvalue weighted by molar-refractivity contribution is 5.76. The molecular formula is C43H53N3O6. The molecule has 2 amide bonds. The minimum Gasteiger partial charge on any atom is -0.392 e. The van der Waals surface area contributed by atoms with Crippen LogP contribution in [-0.2, 0) is 32.1 Å². The highest BCUT2D eigenvalue weighted by Crippen LogP contribution is 2.55. The van der Waals surface area contributed by atoms with E-state index >= 15 is 0 Å². The summed E-state index contributed by atoms with van der Waals surface area (Å²) in [4.78, 5) is 15.7. The molecule has 3 heterocycles. The molecule has 4 bridgehead atoms. The highest BCUT2D eigenvalue weighted by Gasteiger charge is 2.51. The molecule has 3 unspecified atom stereocenters. The van der Waals surface area contributed by atoms with Gasteiger partial charge in [0.25, 0.3) is 0 Å². The minimum atomic E-state index is -0.516. The number of urea groups is 1. The second-order valence-corrected chi connectivity index (χ2v) is 16.5. The number of likely N-dealkylation sites (tertiary alicyclic amines) is 1. The van der Waals surface area contributed by atoms with Gasteiger partial charge in [0.2, 0.25) is 0 Å². The number of amides is 2. The van der Waals surface area contributed by atoms with Crippen molar-refractivity contribution in [2.45, 2.75) is 101 Å². The number of aliphatic hydroxyl groups is 1. The van der Waals surface area contributed by atoms with Crippen molar-refractivity contribution in [2.24, 2.45) is 17.8 Å². The molecular weight excluding hydrogens is 654 g/mol. The van der Waals surface area contributed by atoms with Crippen molar-refractivity contribution in [1.82, 2.24) is 15.5 Å². The SMILES string of the molecule is O=C(NCc1ccccc1-c1ccc(C2OC(CN3CCC4(CC3)OCCO4)CC(c3ccc(CO)cc3)O2)cc1)NC12CC3CC(CC(C3)C1)C2. The summed E-state index contributed by atoms with van der Waals surface area (Å²) in [5.41, 5.74) is 6.22. The number of ether oxygens (including phenoxy) is 4. The second kappa shape index (κ2) is 14.5. The lowest BCUT2D eigenvalue weighted by atomic mass is 9.53. The molecule has 3 atom stereocenters. The Balaban J connectivity index is 0.871. The summed E-state index contributed by atoms with van der Waals surface area (Å²) in [5.74, 6) is 1.98. The Bertz CT molecular complexity index is 1660. The molecule has 7 aliphatic rings. The third kappa shape index (κ3) is 7.28. The molecule has 3 aromatic carbocycles. The molecule has 52 heavy (non-hydrogen) atoms. The van der Waals surface area contributed by atoms with Gasteiger partial charge in [-0.25, -0.2) is 4.79 Å². The van der Waals surface area contributed by atoms with Crippen LogP contribution in [0.15, 0.2) is 72.8 Å². The predicted molar refractivity (Wildman–Crippen MR) is 197 cm³/mol. The quantitative estimate of drug-likeness (QED) is 0.220. The summed E-state index contributed by atoms with van der Waals surface area (Å²) in [6.07, 6.45) is 9.34. The summed E-state index contributed by atoms with van der Waals surface area (Å²) in [6.45, 7) is 4.49. The lowest BCUT2D eigenvalue weighted by Gasteiger charge is -2.56. The number of piperidine rings is 1. The van der Waals surface area contributed by atoms with Crippen LogP contribution in [0.25, 0.3) is 11.1 Å². The molecule has 7 fully saturated rings. The van der Waals surface area contributed by atoms with Gasteiger partial charge in [0.15, 0.2) is 12.1 Å². The number of carbonyl (C=O) groups is 1. The molecule has 4 aliphatic carbocycles. The van der Waals surface area contributed by atoms with Crippen LogP contribution in [0, 0.1) is 17.8 Å². The summed E-state index contributed by atoms with van der Waals surface area (Å²) >= 11 is 0. The van der Waals surface area contributed by atoms with Crippen molar-refractivity contribution in [1.29, 1.82) is 0 Å². The first kappa shape index (κ1) is 34.5. The van der Waals surface area contributed by atoms with Gasteiger partial charge in [-0.15, -0.1) is 0 Å². The maximum atomic E-state index is 13.3. The molecule has 9 heteroatoms. The lowest BCUT2D eigenvalue weighted by molar-refractivity contribution is -0.255. The molecule has 9 nitrogen and oxygen atoms in total. The molecule has 3 N–H and O–H groups in total. The van der Waals surface area contributed by atoms with Gasteiger partial charge in [0.05, 0.1) is 32.0 Å². The van der Waals surface area contributed by atoms with Gasteiger partial charge in [-0.1, -0.05) is 72.8 Å². The van der Waals surface area contributed by atoms with Crippen molar-refractivity contribution in [3.63, 3.8) is 0 Å². The van der Waals surface area contributed by atoms with E-state index < -0.39 is 12.1 Å². The number of benzene rings is 3. The Kier molecular flexibility index (Phi) is 9.60. The Labute approximate surface area is 307 Å². The minimum absolute atomic E-state index is 0.00562. The highest BCUT2D eigenvalue weighted by atomic mass is 16.7. The zero-order chi connectivity index (χ0) is 35.1. The van der Waals surface area contributed by atoms with Gasteiger partial charge in [0, 0.05) is 56.5 Å². The number of hydrogen-bond acceptors (Lipinski definition) is 7. The van der Waals surface area contributed by atoms with Crippen molar-refractivity contribution in [3.8, 4) is 11.1 Å². The van der Waals surface area contributed by atoms with Gasteiger partial charge < -0.3 is 39.6 Å². The average Bonchev–Trinajstić information content (AvgIpc) is 3.62. The summed E-state index contributed by atoms with van der Waals surface area (Å²) in [6, 6.07) is 24.8. The maximum absolute atomic E-state index is 13.3. The Morgan fingerprint density at radius 1 is 0.788 bits per heavy atom. The molecule has 0 radical (unpaired) electrons. The molecule has 4 saturated carbocycles. The van der Waals surface area contributed by atoms with Crippen LogP contribution in [0.3, 0.4) is 0 Å². The van der Waals surface area contributed by atoms with Crippen molar-refractivity contribution in [3.05, 3.63) is 95.1 Å². The topological polar surface area (TPSA) is 102 Å².